The van der Waals surface area contributed by atoms with E-state index in [9.17, 15) is 23.8 Å². The summed E-state index contributed by atoms with van der Waals surface area (Å²) in [7, 11) is 0. The largest absolute Gasteiger partial charge is 0.462 e. The van der Waals surface area contributed by atoms with Gasteiger partial charge in [-0.25, -0.2) is 28.8 Å². The second-order valence-electron chi connectivity index (χ2n) is 10.5. The van der Waals surface area contributed by atoms with E-state index in [1.54, 1.807) is 32.0 Å². The Hall–Kier alpha value is -3.37. The number of hydrogen-bond donors (Lipinski definition) is 4. The van der Waals surface area contributed by atoms with Crippen molar-refractivity contribution < 1.29 is 42.3 Å². The number of aliphatic hydroxyl groups excluding tert-OH is 2. The highest BCUT2D eigenvalue weighted by Gasteiger charge is 2.61. The van der Waals surface area contributed by atoms with E-state index >= 15 is 0 Å². The first-order valence-electron chi connectivity index (χ1n) is 13.5. The number of nitrogen functional groups attached to an aromatic ring is 1. The predicted molar refractivity (Wildman–Crippen MR) is 159 cm³/mol. The zero-order valence-electron chi connectivity index (χ0n) is 23.8. The molecule has 1 aliphatic heterocycles. The molecule has 2 aromatic heterocycles. The highest BCUT2D eigenvalue weighted by Crippen LogP contribution is 2.50. The average Bonchev–Trinajstić information content (AvgIpc) is 3.51. The lowest BCUT2D eigenvalue weighted by atomic mass is 9.96. The Balaban J connectivity index is 1.45. The first-order chi connectivity index (χ1) is 20.8. The van der Waals surface area contributed by atoms with Gasteiger partial charge in [0.15, 0.2) is 23.3 Å². The SMILES string of the molecule is CC(C)OC(=O)[C@H](C)NP(=S)(OC[C@@]1(C(F)F)O[C@@H](n2cnc3ncnc(N)c32)[C@H](O)[C@@H]1O)Oc1ccc2ccccc2c1. The summed E-state index contributed by atoms with van der Waals surface area (Å²) in [6.07, 6.45) is -7.09. The molecule has 0 saturated carbocycles. The summed E-state index contributed by atoms with van der Waals surface area (Å²) in [5.74, 6) is -0.487. The van der Waals surface area contributed by atoms with Crippen molar-refractivity contribution in [2.75, 3.05) is 12.3 Å². The lowest BCUT2D eigenvalue weighted by Crippen LogP contribution is -2.53. The van der Waals surface area contributed by atoms with Gasteiger partial charge in [0, 0.05) is 0 Å². The van der Waals surface area contributed by atoms with Gasteiger partial charge >= 0.3 is 12.6 Å². The fourth-order valence-electron chi connectivity index (χ4n) is 4.75. The van der Waals surface area contributed by atoms with Gasteiger partial charge in [0.25, 0.3) is 6.43 Å². The van der Waals surface area contributed by atoms with Crippen LogP contribution in [0, 0.1) is 0 Å². The van der Waals surface area contributed by atoms with Crippen LogP contribution in [0.2, 0.25) is 0 Å². The van der Waals surface area contributed by atoms with E-state index < -0.39 is 61.8 Å². The molecule has 1 unspecified atom stereocenters. The number of imidazole rings is 1. The van der Waals surface area contributed by atoms with Crippen molar-refractivity contribution in [3.8, 4) is 5.75 Å². The molecule has 0 radical (unpaired) electrons. The molecule has 1 aliphatic rings. The highest BCUT2D eigenvalue weighted by molar-refractivity contribution is 8.09. The third-order valence-corrected chi connectivity index (χ3v) is 9.44. The van der Waals surface area contributed by atoms with Gasteiger partial charge in [0.2, 0.25) is 0 Å². The van der Waals surface area contributed by atoms with E-state index in [0.29, 0.717) is 0 Å². The fourth-order valence-corrected chi connectivity index (χ4v) is 7.16. The quantitative estimate of drug-likeness (QED) is 0.138. The number of carbonyl (C=O) groups excluding carboxylic acids is 1. The number of halogens is 2. The summed E-state index contributed by atoms with van der Waals surface area (Å²) in [5.41, 5.74) is 3.39. The van der Waals surface area contributed by atoms with Crippen molar-refractivity contribution in [3.05, 3.63) is 55.1 Å². The molecule has 17 heteroatoms. The number of nitrogens with one attached hydrogen (secondary N) is 1. The molecule has 6 atom stereocenters. The number of esters is 1. The zero-order valence-corrected chi connectivity index (χ0v) is 25.5. The van der Waals surface area contributed by atoms with E-state index in [0.717, 1.165) is 15.3 Å². The molecular weight excluding hydrogens is 621 g/mol. The summed E-state index contributed by atoms with van der Waals surface area (Å²) in [6, 6.07) is 11.4. The van der Waals surface area contributed by atoms with Gasteiger partial charge in [0.1, 0.15) is 42.2 Å². The van der Waals surface area contributed by atoms with Crippen LogP contribution in [0.4, 0.5) is 14.6 Å². The minimum Gasteiger partial charge on any atom is -0.462 e. The molecule has 44 heavy (non-hydrogen) atoms. The summed E-state index contributed by atoms with van der Waals surface area (Å²) in [4.78, 5) is 24.5. The Morgan fingerprint density at radius 1 is 1.18 bits per heavy atom. The Labute approximate surface area is 255 Å². The number of carbonyl (C=O) groups is 1. The number of aliphatic hydroxyl groups is 2. The van der Waals surface area contributed by atoms with Crippen LogP contribution in [0.3, 0.4) is 0 Å². The van der Waals surface area contributed by atoms with Crippen LogP contribution in [0.5, 0.6) is 5.75 Å². The minimum absolute atomic E-state index is 0.0469. The number of aromatic nitrogens is 4. The molecular formula is C27H31F2N6O7PS. The lowest BCUT2D eigenvalue weighted by Gasteiger charge is -2.34. The van der Waals surface area contributed by atoms with Crippen LogP contribution in [-0.4, -0.2) is 78.7 Å². The minimum atomic E-state index is -3.86. The maximum absolute atomic E-state index is 14.8. The number of anilines is 1. The van der Waals surface area contributed by atoms with Gasteiger partial charge in [0.05, 0.1) is 12.7 Å². The second kappa shape index (κ2) is 12.6. The Morgan fingerprint density at radius 3 is 2.61 bits per heavy atom. The van der Waals surface area contributed by atoms with Crippen molar-refractivity contribution in [2.24, 2.45) is 0 Å². The van der Waals surface area contributed by atoms with E-state index in [1.165, 1.54) is 19.6 Å². The first-order valence-corrected chi connectivity index (χ1v) is 16.1. The van der Waals surface area contributed by atoms with Crippen molar-refractivity contribution in [1.82, 2.24) is 24.6 Å². The lowest BCUT2D eigenvalue weighted by molar-refractivity contribution is -0.191. The van der Waals surface area contributed by atoms with Crippen LogP contribution in [0.25, 0.3) is 21.9 Å². The van der Waals surface area contributed by atoms with E-state index in [2.05, 4.69) is 20.0 Å². The number of rotatable bonds is 11. The summed E-state index contributed by atoms with van der Waals surface area (Å²) < 4.78 is 53.6. The van der Waals surface area contributed by atoms with Crippen LogP contribution in [-0.2, 0) is 30.6 Å². The summed E-state index contributed by atoms with van der Waals surface area (Å²) in [6.45, 7) is -0.114. The smallest absolute Gasteiger partial charge is 0.323 e. The van der Waals surface area contributed by atoms with Crippen molar-refractivity contribution in [3.63, 3.8) is 0 Å². The average molecular weight is 653 g/mol. The number of fused-ring (bicyclic) bond motifs is 2. The van der Waals surface area contributed by atoms with Gasteiger partial charge in [-0.2, -0.15) is 0 Å². The molecule has 1 saturated heterocycles. The number of nitrogens with two attached hydrogens (primary N) is 1. The van der Waals surface area contributed by atoms with Crippen LogP contribution in [0.1, 0.15) is 27.0 Å². The number of benzene rings is 2. The molecule has 0 amide bonds. The third-order valence-electron chi connectivity index (χ3n) is 6.96. The standard InChI is InChI=1S/C27H31F2N6O7PS/c1-14(2)40-25(38)15(3)34-43(44,42-18-9-8-16-6-4-5-7-17(16)10-18)39-11-27(26(28)29)21(37)20(36)24(41-27)35-13-33-23-19(35)22(30)31-12-32-23/h4-10,12-15,20-21,24,26,36-37H,11H2,1-3H3,(H,34,44)(H2,30,31,32)/t15-,20+,21-,24+,27+,43?/m0/s1. The maximum atomic E-state index is 14.8. The van der Waals surface area contributed by atoms with Gasteiger partial charge in [-0.1, -0.05) is 30.3 Å². The topological polar surface area (TPSA) is 176 Å². The Bertz CT molecular complexity index is 1710. The molecule has 236 valence electrons. The Kier molecular flexibility index (Phi) is 9.14. The summed E-state index contributed by atoms with van der Waals surface area (Å²) in [5, 5.41) is 26.4. The fraction of sp³-hybridized carbons (Fsp3) is 0.407. The van der Waals surface area contributed by atoms with Crippen molar-refractivity contribution in [2.45, 2.75) is 63.4 Å². The monoisotopic (exact) mass is 652 g/mol. The van der Waals surface area contributed by atoms with Crippen LogP contribution in [0.15, 0.2) is 55.1 Å². The molecule has 5 rings (SSSR count). The Morgan fingerprint density at radius 2 is 1.91 bits per heavy atom. The van der Waals surface area contributed by atoms with E-state index in [1.807, 2.05) is 24.3 Å². The maximum Gasteiger partial charge on any atom is 0.323 e. The first kappa shape index (κ1) is 32.0. The number of alkyl halides is 2. The molecule has 4 aromatic rings. The highest BCUT2D eigenvalue weighted by atomic mass is 32.5. The number of ether oxygens (including phenoxy) is 2. The van der Waals surface area contributed by atoms with Gasteiger partial charge in [-0.3, -0.25) is 9.36 Å². The van der Waals surface area contributed by atoms with Crippen molar-refractivity contribution >= 4 is 52.2 Å². The van der Waals surface area contributed by atoms with E-state index in [4.69, 9.17) is 36.1 Å². The van der Waals surface area contributed by atoms with Gasteiger partial charge in [-0.05, 0) is 55.5 Å². The summed E-state index contributed by atoms with van der Waals surface area (Å²) >= 11 is 5.70. The predicted octanol–water partition coefficient (Wildman–Crippen LogP) is 3.07. The van der Waals surface area contributed by atoms with E-state index in [-0.39, 0.29) is 22.7 Å². The number of nitrogens with zero attached hydrogens (tertiary/aromatic N) is 4. The molecule has 3 heterocycles. The second-order valence-corrected chi connectivity index (χ2v) is 13.6. The molecule has 2 aromatic carbocycles. The molecule has 0 spiro atoms. The molecule has 1 fully saturated rings. The molecule has 0 bridgehead atoms. The molecule has 13 nitrogen and oxygen atoms in total. The third kappa shape index (κ3) is 6.24. The van der Waals surface area contributed by atoms with Crippen LogP contribution >= 0.6 is 6.64 Å². The zero-order chi connectivity index (χ0) is 31.8. The molecule has 0 aliphatic carbocycles. The molecule has 5 N–H and O–H groups in total. The normalized spacial score (nSPS) is 24.2. The van der Waals surface area contributed by atoms with Crippen molar-refractivity contribution in [1.29, 1.82) is 0 Å². The van der Waals surface area contributed by atoms with Gasteiger partial charge < -0.3 is 34.5 Å². The van der Waals surface area contributed by atoms with Crippen LogP contribution < -0.4 is 15.3 Å². The number of hydrogen-bond acceptors (Lipinski definition) is 12. The van der Waals surface area contributed by atoms with Gasteiger partial charge in [-0.15, -0.1) is 0 Å².